The summed E-state index contributed by atoms with van der Waals surface area (Å²) in [6.45, 7) is 5.35. The molecule has 36 heavy (non-hydrogen) atoms. The number of rotatable bonds is 8. The smallest absolute Gasteiger partial charge is 0.291 e. The minimum atomic E-state index is -0.254. The van der Waals surface area contributed by atoms with Gasteiger partial charge in [-0.05, 0) is 43.3 Å². The highest BCUT2D eigenvalue weighted by Crippen LogP contribution is 2.24. The maximum Gasteiger partial charge on any atom is 0.291 e. The number of nitrogens with zero attached hydrogens (tertiary/aromatic N) is 5. The number of nitrogens with one attached hydrogen (secondary N) is 1. The maximum atomic E-state index is 13.0. The van der Waals surface area contributed by atoms with Crippen molar-refractivity contribution in [3.63, 3.8) is 0 Å². The highest BCUT2D eigenvalue weighted by Gasteiger charge is 2.18. The Morgan fingerprint density at radius 1 is 1.03 bits per heavy atom. The number of carbonyl (C=O) groups is 1. The summed E-state index contributed by atoms with van der Waals surface area (Å²) >= 11 is 0. The van der Waals surface area contributed by atoms with Crippen LogP contribution in [-0.2, 0) is 18.4 Å². The van der Waals surface area contributed by atoms with E-state index < -0.39 is 0 Å². The fraction of sp³-hybridized carbons (Fsp3) is 0.370. The number of carbonyl (C=O) groups excluding carboxylic acids is 1. The molecule has 1 aliphatic heterocycles. The van der Waals surface area contributed by atoms with Crippen molar-refractivity contribution in [2.24, 2.45) is 7.05 Å². The Hall–Kier alpha value is -3.85. The van der Waals surface area contributed by atoms with Crippen molar-refractivity contribution in [1.29, 1.82) is 0 Å². The van der Waals surface area contributed by atoms with Gasteiger partial charge in [-0.25, -0.2) is 4.68 Å². The molecule has 9 heteroatoms. The van der Waals surface area contributed by atoms with Gasteiger partial charge in [0.1, 0.15) is 17.8 Å². The molecule has 5 rings (SSSR count). The highest BCUT2D eigenvalue weighted by atomic mass is 16.5. The molecule has 9 nitrogen and oxygen atoms in total. The first-order chi connectivity index (χ1) is 17.5. The fourth-order valence-electron chi connectivity index (χ4n) is 4.97. The standard InChI is InChI=1S/C27H32N6O3/c1-30-24-7-4-3-6-22(24)23-18-29-33(27(35)26(23)30)19-25(34)28-12-5-13-31-14-16-32(17-15-31)20-8-10-21(36-2)11-9-20/h3-4,6-11,18H,5,12-17,19H2,1-2H3,(H,28,34). The van der Waals surface area contributed by atoms with E-state index in [1.165, 1.54) is 10.4 Å². The van der Waals surface area contributed by atoms with E-state index >= 15 is 0 Å². The number of methoxy groups -OCH3 is 1. The van der Waals surface area contributed by atoms with Crippen LogP contribution in [0.2, 0.25) is 0 Å². The molecule has 1 fully saturated rings. The van der Waals surface area contributed by atoms with E-state index in [-0.39, 0.29) is 18.0 Å². The van der Waals surface area contributed by atoms with Crippen LogP contribution in [0.3, 0.4) is 0 Å². The first-order valence-electron chi connectivity index (χ1n) is 12.4. The topological polar surface area (TPSA) is 84.6 Å². The van der Waals surface area contributed by atoms with Crippen LogP contribution in [0.15, 0.2) is 59.5 Å². The number of aromatic nitrogens is 3. The van der Waals surface area contributed by atoms with Crippen molar-refractivity contribution in [2.75, 3.05) is 51.3 Å². The molecule has 0 saturated carbocycles. The molecule has 4 aromatic rings. The van der Waals surface area contributed by atoms with Crippen molar-refractivity contribution in [1.82, 2.24) is 24.6 Å². The van der Waals surface area contributed by atoms with Gasteiger partial charge in [0.25, 0.3) is 5.56 Å². The second-order valence-electron chi connectivity index (χ2n) is 9.18. The Morgan fingerprint density at radius 2 is 1.78 bits per heavy atom. The maximum absolute atomic E-state index is 13.0. The Labute approximate surface area is 209 Å². The van der Waals surface area contributed by atoms with Crippen molar-refractivity contribution in [2.45, 2.75) is 13.0 Å². The van der Waals surface area contributed by atoms with Crippen LogP contribution < -0.4 is 20.5 Å². The molecular weight excluding hydrogens is 456 g/mol. The average molecular weight is 489 g/mol. The van der Waals surface area contributed by atoms with Crippen molar-refractivity contribution >= 4 is 33.4 Å². The van der Waals surface area contributed by atoms with E-state index in [4.69, 9.17) is 4.74 Å². The third kappa shape index (κ3) is 4.79. The zero-order valence-corrected chi connectivity index (χ0v) is 20.8. The average Bonchev–Trinajstić information content (AvgIpc) is 3.21. The minimum absolute atomic E-state index is 0.0865. The number of anilines is 1. The number of amides is 1. The third-order valence-electron chi connectivity index (χ3n) is 6.99. The van der Waals surface area contributed by atoms with Gasteiger partial charge in [-0.3, -0.25) is 14.5 Å². The number of fused-ring (bicyclic) bond motifs is 3. The van der Waals surface area contributed by atoms with E-state index in [0.717, 1.165) is 61.2 Å². The number of para-hydroxylation sites is 1. The SMILES string of the molecule is COc1ccc(N2CCN(CCCNC(=O)Cn3ncc4c5ccccc5n(C)c4c3=O)CC2)cc1. The number of benzene rings is 2. The molecule has 0 bridgehead atoms. The van der Waals surface area contributed by atoms with Gasteiger partial charge in [0, 0.05) is 61.7 Å². The number of ether oxygens (including phenoxy) is 1. The molecule has 0 spiro atoms. The van der Waals surface area contributed by atoms with Crippen LogP contribution in [0.1, 0.15) is 6.42 Å². The van der Waals surface area contributed by atoms with Crippen LogP contribution in [0.5, 0.6) is 5.75 Å². The van der Waals surface area contributed by atoms with Crippen LogP contribution in [0.25, 0.3) is 21.8 Å². The quantitative estimate of drug-likeness (QED) is 0.383. The van der Waals surface area contributed by atoms with Gasteiger partial charge >= 0.3 is 0 Å². The predicted molar refractivity (Wildman–Crippen MR) is 142 cm³/mol. The van der Waals surface area contributed by atoms with Gasteiger partial charge in [-0.2, -0.15) is 5.10 Å². The van der Waals surface area contributed by atoms with Crippen molar-refractivity contribution in [3.05, 3.63) is 65.1 Å². The number of piperazine rings is 1. The lowest BCUT2D eigenvalue weighted by Gasteiger charge is -2.36. The first-order valence-corrected chi connectivity index (χ1v) is 12.4. The molecular formula is C27H32N6O3. The summed E-state index contributed by atoms with van der Waals surface area (Å²) in [6, 6.07) is 16.0. The summed E-state index contributed by atoms with van der Waals surface area (Å²) in [7, 11) is 3.55. The van der Waals surface area contributed by atoms with Gasteiger partial charge in [-0.1, -0.05) is 18.2 Å². The van der Waals surface area contributed by atoms with E-state index in [0.29, 0.717) is 12.1 Å². The summed E-state index contributed by atoms with van der Waals surface area (Å²) in [5, 5.41) is 9.00. The molecule has 0 atom stereocenters. The van der Waals surface area contributed by atoms with Gasteiger partial charge in [0.2, 0.25) is 5.91 Å². The highest BCUT2D eigenvalue weighted by molar-refractivity contribution is 6.07. The molecule has 0 radical (unpaired) electrons. The molecule has 2 aromatic carbocycles. The van der Waals surface area contributed by atoms with Crippen LogP contribution in [0, 0.1) is 0 Å². The summed E-state index contributed by atoms with van der Waals surface area (Å²) in [4.78, 5) is 30.3. The van der Waals surface area contributed by atoms with Gasteiger partial charge in [0.05, 0.1) is 13.3 Å². The van der Waals surface area contributed by atoms with E-state index in [9.17, 15) is 9.59 Å². The summed E-state index contributed by atoms with van der Waals surface area (Å²) in [6.07, 6.45) is 2.54. The first kappa shape index (κ1) is 23.9. The van der Waals surface area contributed by atoms with Gasteiger partial charge < -0.3 is 19.5 Å². The van der Waals surface area contributed by atoms with Crippen LogP contribution in [0.4, 0.5) is 5.69 Å². The molecule has 2 aromatic heterocycles. The Balaban J connectivity index is 1.09. The molecule has 1 aliphatic rings. The van der Waals surface area contributed by atoms with Crippen LogP contribution >= 0.6 is 0 Å². The molecule has 1 saturated heterocycles. The van der Waals surface area contributed by atoms with Gasteiger partial charge in [0.15, 0.2) is 0 Å². The Morgan fingerprint density at radius 3 is 2.53 bits per heavy atom. The molecule has 1 N–H and O–H groups in total. The Kier molecular flexibility index (Phi) is 6.90. The van der Waals surface area contributed by atoms with E-state index in [1.54, 1.807) is 13.3 Å². The molecule has 0 aliphatic carbocycles. The monoisotopic (exact) mass is 488 g/mol. The number of aryl methyl sites for hydroxylation is 1. The third-order valence-corrected chi connectivity index (χ3v) is 6.99. The van der Waals surface area contributed by atoms with E-state index in [2.05, 4.69) is 32.3 Å². The zero-order chi connectivity index (χ0) is 25.1. The number of hydrogen-bond donors (Lipinski definition) is 1. The van der Waals surface area contributed by atoms with Crippen molar-refractivity contribution in [3.8, 4) is 5.75 Å². The van der Waals surface area contributed by atoms with Crippen molar-refractivity contribution < 1.29 is 9.53 Å². The van der Waals surface area contributed by atoms with Gasteiger partial charge in [-0.15, -0.1) is 0 Å². The van der Waals surface area contributed by atoms with Crippen LogP contribution in [-0.4, -0.2) is 71.5 Å². The lowest BCUT2D eigenvalue weighted by atomic mass is 10.2. The summed E-state index contributed by atoms with van der Waals surface area (Å²) in [5.41, 5.74) is 2.50. The normalized spacial score (nSPS) is 14.4. The predicted octanol–water partition coefficient (Wildman–Crippen LogP) is 2.23. The molecule has 0 unspecified atom stereocenters. The summed E-state index contributed by atoms with van der Waals surface area (Å²) < 4.78 is 8.36. The second-order valence-corrected chi connectivity index (χ2v) is 9.18. The lowest BCUT2D eigenvalue weighted by molar-refractivity contribution is -0.121. The second kappa shape index (κ2) is 10.4. The molecule has 3 heterocycles. The lowest BCUT2D eigenvalue weighted by Crippen LogP contribution is -2.47. The summed E-state index contributed by atoms with van der Waals surface area (Å²) in [5.74, 6) is 0.668. The molecule has 1 amide bonds. The fourth-order valence-corrected chi connectivity index (χ4v) is 4.97. The Bertz CT molecular complexity index is 1420. The van der Waals surface area contributed by atoms with E-state index in [1.807, 2.05) is 48.0 Å². The molecule has 188 valence electrons. The number of hydrogen-bond acceptors (Lipinski definition) is 6. The minimum Gasteiger partial charge on any atom is -0.497 e. The largest absolute Gasteiger partial charge is 0.497 e. The zero-order valence-electron chi connectivity index (χ0n) is 20.8.